The fraction of sp³-hybridized carbons (Fsp3) is 0.273. The summed E-state index contributed by atoms with van der Waals surface area (Å²) in [4.78, 5) is 28.5. The summed E-state index contributed by atoms with van der Waals surface area (Å²) in [6, 6.07) is 3.16. The molecule has 1 aromatic heterocycles. The molecule has 1 saturated heterocycles. The number of aromatic nitrogens is 1. The summed E-state index contributed by atoms with van der Waals surface area (Å²) < 4.78 is 0. The van der Waals surface area contributed by atoms with Gasteiger partial charge in [-0.3, -0.25) is 26.2 Å². The summed E-state index contributed by atoms with van der Waals surface area (Å²) >= 11 is 0. The van der Waals surface area contributed by atoms with Gasteiger partial charge in [-0.25, -0.2) is 4.79 Å². The lowest BCUT2D eigenvalue weighted by molar-refractivity contribution is -0.134. The van der Waals surface area contributed by atoms with Gasteiger partial charge in [0.2, 0.25) is 5.91 Å². The lowest BCUT2D eigenvalue weighted by atomic mass is 10.0. The van der Waals surface area contributed by atoms with E-state index in [2.05, 4.69) is 10.3 Å². The molecule has 7 heteroatoms. The quantitative estimate of drug-likeness (QED) is 0.418. The maximum Gasteiger partial charge on any atom is 0.324 e. The second-order valence-corrected chi connectivity index (χ2v) is 4.08. The molecule has 5 N–H and O–H groups in total. The molecule has 0 aromatic carbocycles. The highest BCUT2D eigenvalue weighted by Gasteiger charge is 2.36. The second-order valence-electron chi connectivity index (χ2n) is 4.08. The van der Waals surface area contributed by atoms with Crippen LogP contribution >= 0.6 is 0 Å². The van der Waals surface area contributed by atoms with Gasteiger partial charge in [0.05, 0.1) is 0 Å². The van der Waals surface area contributed by atoms with Crippen LogP contribution in [0.2, 0.25) is 0 Å². The molecule has 0 saturated carbocycles. The van der Waals surface area contributed by atoms with E-state index < -0.39 is 17.9 Å². The van der Waals surface area contributed by atoms with E-state index in [0.29, 0.717) is 6.54 Å². The summed E-state index contributed by atoms with van der Waals surface area (Å²) in [5.41, 5.74) is 6.36. The minimum atomic E-state index is -0.662. The summed E-state index contributed by atoms with van der Waals surface area (Å²) in [7, 11) is 0. The van der Waals surface area contributed by atoms with Crippen LogP contribution in [0.4, 0.5) is 4.79 Å². The Morgan fingerprint density at radius 3 is 2.78 bits per heavy atom. The van der Waals surface area contributed by atoms with Crippen LogP contribution in [0.3, 0.4) is 0 Å². The average molecular weight is 248 g/mol. The van der Waals surface area contributed by atoms with Crippen molar-refractivity contribution in [3.63, 3.8) is 0 Å². The molecule has 2 heterocycles. The Morgan fingerprint density at radius 1 is 1.50 bits per heavy atom. The van der Waals surface area contributed by atoms with E-state index in [9.17, 15) is 9.59 Å². The molecule has 0 spiro atoms. The van der Waals surface area contributed by atoms with E-state index in [1.165, 1.54) is 4.90 Å². The molecule has 1 aliphatic heterocycles. The first-order valence-corrected chi connectivity index (χ1v) is 5.44. The van der Waals surface area contributed by atoms with E-state index in [4.69, 9.17) is 11.1 Å². The number of imide groups is 1. The van der Waals surface area contributed by atoms with Gasteiger partial charge in [-0.1, -0.05) is 0 Å². The van der Waals surface area contributed by atoms with Gasteiger partial charge in [0.1, 0.15) is 0 Å². The summed E-state index contributed by atoms with van der Waals surface area (Å²) in [5.74, 6) is -1.10. The zero-order valence-electron chi connectivity index (χ0n) is 9.67. The minimum Gasteiger partial charge on any atom is -0.319 e. The number of nitrogens with one attached hydrogen (secondary N) is 1. The topological polar surface area (TPSA) is 114 Å². The molecular formula is C11H14N5O2+. The van der Waals surface area contributed by atoms with Crippen LogP contribution in [0.1, 0.15) is 5.56 Å². The molecule has 2 rings (SSSR count). The lowest BCUT2D eigenvalue weighted by Crippen LogP contribution is -2.63. The molecule has 94 valence electrons. The molecule has 1 aliphatic rings. The van der Waals surface area contributed by atoms with E-state index in [-0.39, 0.29) is 12.4 Å². The molecule has 7 nitrogen and oxygen atoms in total. The summed E-state index contributed by atoms with van der Waals surface area (Å²) in [6.07, 6.45) is 3.28. The number of nitrogens with zero attached hydrogens (tertiary/aromatic N) is 2. The van der Waals surface area contributed by atoms with Crippen molar-refractivity contribution in [1.29, 1.82) is 0 Å². The Hall–Kier alpha value is -2.44. The molecule has 0 radical (unpaired) electrons. The number of hydrogen-bond donors (Lipinski definition) is 3. The van der Waals surface area contributed by atoms with Gasteiger partial charge in [-0.2, -0.15) is 0 Å². The standard InChI is InChI=1S/C11H13N5O2/c12-9(13)8-6-16(11(18)15-10(8)17)5-7-1-3-14-4-2-7/h1-4,8H,5-6H2,(H3,12,13)(H,15,17,18)/p+1/t8-/m1/s1. The van der Waals surface area contributed by atoms with Crippen molar-refractivity contribution in [2.75, 3.05) is 6.54 Å². The Bertz CT molecular complexity index is 487. The summed E-state index contributed by atoms with van der Waals surface area (Å²) in [6.45, 7) is 0.570. The number of nitrogens with two attached hydrogens (primary N) is 2. The van der Waals surface area contributed by atoms with E-state index in [1.54, 1.807) is 24.5 Å². The monoisotopic (exact) mass is 248 g/mol. The van der Waals surface area contributed by atoms with Crippen molar-refractivity contribution in [1.82, 2.24) is 15.2 Å². The third-order valence-electron chi connectivity index (χ3n) is 2.76. The first-order chi connectivity index (χ1) is 8.58. The molecule has 0 bridgehead atoms. The van der Waals surface area contributed by atoms with Crippen molar-refractivity contribution < 1.29 is 15.0 Å². The maximum absolute atomic E-state index is 11.7. The Balaban J connectivity index is 2.10. The van der Waals surface area contributed by atoms with Crippen molar-refractivity contribution in [3.05, 3.63) is 30.1 Å². The third-order valence-corrected chi connectivity index (χ3v) is 2.76. The van der Waals surface area contributed by atoms with E-state index in [0.717, 1.165) is 5.56 Å². The molecule has 1 atom stereocenters. The molecular weight excluding hydrogens is 234 g/mol. The Labute approximate surface area is 103 Å². The van der Waals surface area contributed by atoms with Gasteiger partial charge in [0, 0.05) is 25.5 Å². The van der Waals surface area contributed by atoms with Crippen LogP contribution in [0.5, 0.6) is 0 Å². The number of carbonyl (C=O) groups is 2. The fourth-order valence-corrected chi connectivity index (χ4v) is 1.76. The number of hydrogen-bond acceptors (Lipinski definition) is 3. The SMILES string of the molecule is NC(=[NH2+])[C@H]1CN(Cc2ccncc2)C(=O)NC1=O. The van der Waals surface area contributed by atoms with Crippen molar-refractivity contribution in [3.8, 4) is 0 Å². The normalized spacial score (nSPS) is 19.6. The zero-order valence-corrected chi connectivity index (χ0v) is 9.67. The van der Waals surface area contributed by atoms with Crippen LogP contribution in [-0.4, -0.2) is 34.2 Å². The van der Waals surface area contributed by atoms with Gasteiger partial charge in [-0.05, 0) is 17.7 Å². The van der Waals surface area contributed by atoms with Crippen molar-refractivity contribution in [2.24, 2.45) is 11.7 Å². The lowest BCUT2D eigenvalue weighted by Gasteiger charge is -2.30. The van der Waals surface area contributed by atoms with Crippen molar-refractivity contribution in [2.45, 2.75) is 6.54 Å². The highest BCUT2D eigenvalue weighted by molar-refractivity contribution is 6.08. The van der Waals surface area contributed by atoms with Gasteiger partial charge < -0.3 is 4.90 Å². The van der Waals surface area contributed by atoms with E-state index in [1.807, 2.05) is 0 Å². The van der Waals surface area contributed by atoms with Gasteiger partial charge in [0.15, 0.2) is 5.92 Å². The molecule has 0 aliphatic carbocycles. The smallest absolute Gasteiger partial charge is 0.319 e. The molecule has 1 aromatic rings. The average Bonchev–Trinajstić information content (AvgIpc) is 2.33. The number of amidine groups is 1. The Kier molecular flexibility index (Phi) is 3.22. The van der Waals surface area contributed by atoms with Crippen LogP contribution in [0, 0.1) is 5.92 Å². The molecule has 18 heavy (non-hydrogen) atoms. The summed E-state index contributed by atoms with van der Waals surface area (Å²) in [5, 5.41) is 7.68. The van der Waals surface area contributed by atoms with Crippen LogP contribution in [-0.2, 0) is 11.3 Å². The second kappa shape index (κ2) is 4.82. The van der Waals surface area contributed by atoms with Crippen molar-refractivity contribution >= 4 is 17.8 Å². The Morgan fingerprint density at radius 2 is 2.17 bits per heavy atom. The number of urea groups is 1. The first-order valence-electron chi connectivity index (χ1n) is 5.44. The number of amides is 3. The minimum absolute atomic E-state index is 0.0136. The molecule has 1 fully saturated rings. The maximum atomic E-state index is 11.7. The highest BCUT2D eigenvalue weighted by atomic mass is 16.2. The number of pyridine rings is 1. The van der Waals surface area contributed by atoms with Crippen LogP contribution < -0.4 is 16.5 Å². The number of carbonyl (C=O) groups excluding carboxylic acids is 2. The predicted molar refractivity (Wildman–Crippen MR) is 62.8 cm³/mol. The fourth-order valence-electron chi connectivity index (χ4n) is 1.76. The number of rotatable bonds is 3. The zero-order chi connectivity index (χ0) is 13.1. The van der Waals surface area contributed by atoms with Gasteiger partial charge in [0.25, 0.3) is 5.84 Å². The molecule has 3 amide bonds. The van der Waals surface area contributed by atoms with Crippen LogP contribution in [0.25, 0.3) is 0 Å². The van der Waals surface area contributed by atoms with Gasteiger partial charge in [-0.15, -0.1) is 0 Å². The highest BCUT2D eigenvalue weighted by Crippen LogP contribution is 2.11. The van der Waals surface area contributed by atoms with Crippen LogP contribution in [0.15, 0.2) is 24.5 Å². The molecule has 0 unspecified atom stereocenters. The van der Waals surface area contributed by atoms with Gasteiger partial charge >= 0.3 is 6.03 Å². The van der Waals surface area contributed by atoms with E-state index >= 15 is 0 Å². The first kappa shape index (κ1) is 12.0. The third kappa shape index (κ3) is 2.45. The largest absolute Gasteiger partial charge is 0.324 e. The predicted octanol–water partition coefficient (Wildman–Crippen LogP) is -2.13.